The third-order valence-electron chi connectivity index (χ3n) is 4.13. The van der Waals surface area contributed by atoms with Crippen LogP contribution in [0.25, 0.3) is 17.6 Å². The van der Waals surface area contributed by atoms with Crippen LogP contribution in [-0.2, 0) is 21.9 Å². The molecule has 2 aromatic heterocycles. The number of amides is 1. The van der Waals surface area contributed by atoms with Crippen molar-refractivity contribution in [1.29, 1.82) is 0 Å². The second kappa shape index (κ2) is 10.1. The number of halogens is 8. The first-order chi connectivity index (χ1) is 16.3. The zero-order chi connectivity index (χ0) is 26.0. The molecule has 0 bridgehead atoms. The fraction of sp³-hybridized carbons (Fsp3) is 0.111. The van der Waals surface area contributed by atoms with Gasteiger partial charge in [0.05, 0.1) is 17.3 Å². The van der Waals surface area contributed by atoms with Crippen LogP contribution in [0.1, 0.15) is 11.1 Å². The molecule has 2 heterocycles. The van der Waals surface area contributed by atoms with Crippen molar-refractivity contribution in [2.45, 2.75) is 12.4 Å². The highest BCUT2D eigenvalue weighted by Gasteiger charge is 2.37. The van der Waals surface area contributed by atoms with E-state index < -0.39 is 53.8 Å². The minimum Gasteiger partial charge on any atom is -0.422 e. The Morgan fingerprint density at radius 3 is 2.31 bits per heavy atom. The van der Waals surface area contributed by atoms with Crippen molar-refractivity contribution < 1.29 is 45.3 Å². The Morgan fingerprint density at radius 1 is 1.11 bits per heavy atom. The lowest BCUT2D eigenvalue weighted by atomic mass is 9.81. The van der Waals surface area contributed by atoms with Crippen molar-refractivity contribution in [1.82, 2.24) is 25.2 Å². The molecule has 0 fully saturated rings. The number of nitrogens with zero attached hydrogens (tertiary/aromatic N) is 4. The molecule has 8 nitrogen and oxygen atoms in total. The lowest BCUT2D eigenvalue weighted by Crippen LogP contribution is -2.42. The highest BCUT2D eigenvalue weighted by atomic mass is 79.9. The molecule has 1 aromatic carbocycles. The van der Waals surface area contributed by atoms with Gasteiger partial charge in [0.15, 0.2) is 5.82 Å². The van der Waals surface area contributed by atoms with E-state index >= 15 is 0 Å². The second-order valence-corrected chi connectivity index (χ2v) is 7.46. The number of pyridine rings is 1. The van der Waals surface area contributed by atoms with Gasteiger partial charge < -0.3 is 5.02 Å². The minimum atomic E-state index is -5.05. The molecule has 35 heavy (non-hydrogen) atoms. The molecule has 0 spiro atoms. The van der Waals surface area contributed by atoms with Crippen molar-refractivity contribution >= 4 is 40.6 Å². The summed E-state index contributed by atoms with van der Waals surface area (Å²) in [4.78, 5) is 19.0. The van der Waals surface area contributed by atoms with Crippen molar-refractivity contribution in [3.05, 3.63) is 64.4 Å². The summed E-state index contributed by atoms with van der Waals surface area (Å²) in [6.45, 7) is 0. The maximum Gasteiger partial charge on any atom is 0.519 e. The van der Waals surface area contributed by atoms with Gasteiger partial charge in [-0.05, 0) is 40.2 Å². The Bertz CT molecular complexity index is 1230. The number of nitrogens with one attached hydrogen (secondary N) is 1. The van der Waals surface area contributed by atoms with Crippen LogP contribution in [0.15, 0.2) is 47.3 Å². The number of rotatable bonds is 6. The van der Waals surface area contributed by atoms with E-state index in [1.54, 1.807) is 5.48 Å². The van der Waals surface area contributed by atoms with Crippen molar-refractivity contribution in [3.8, 4) is 11.4 Å². The summed E-state index contributed by atoms with van der Waals surface area (Å²) in [5, 5.41) is 13.5. The maximum absolute atomic E-state index is 13.5. The average Bonchev–Trinajstić information content (AvgIpc) is 3.24. The molecule has 3 rings (SSSR count). The zero-order valence-electron chi connectivity index (χ0n) is 16.8. The Labute approximate surface area is 199 Å². The molecule has 0 aliphatic carbocycles. The topological polar surface area (TPSA) is 102 Å². The van der Waals surface area contributed by atoms with Crippen molar-refractivity contribution in [3.63, 3.8) is 0 Å². The van der Waals surface area contributed by atoms with Crippen LogP contribution in [0.5, 0.6) is 0 Å². The van der Waals surface area contributed by atoms with Gasteiger partial charge >= 0.3 is 19.5 Å². The molecule has 0 radical (unpaired) electrons. The van der Waals surface area contributed by atoms with Crippen LogP contribution in [0.3, 0.4) is 0 Å². The number of aromatic nitrogens is 4. The smallest absolute Gasteiger partial charge is 0.422 e. The molecule has 1 amide bonds. The summed E-state index contributed by atoms with van der Waals surface area (Å²) in [6.07, 6.45) is -7.12. The first kappa shape index (κ1) is 26.3. The summed E-state index contributed by atoms with van der Waals surface area (Å²) in [5.41, 5.74) is -2.22. The molecule has 0 aliphatic rings. The van der Waals surface area contributed by atoms with E-state index in [2.05, 4.69) is 35.8 Å². The number of benzene rings is 1. The average molecular weight is 568 g/mol. The number of hydroxylamine groups is 1. The first-order valence-electron chi connectivity index (χ1n) is 9.08. The largest absolute Gasteiger partial charge is 0.519 e. The summed E-state index contributed by atoms with van der Waals surface area (Å²) in [6, 6.07) is 3.33. The number of alkyl halides is 6. The Balaban J connectivity index is 1.77. The molecular formula is C18H10BBrF7N5O3. The van der Waals surface area contributed by atoms with Crippen molar-refractivity contribution in [2.24, 2.45) is 0 Å². The van der Waals surface area contributed by atoms with Gasteiger partial charge in [-0.15, -0.1) is 5.10 Å². The van der Waals surface area contributed by atoms with E-state index in [0.29, 0.717) is 12.1 Å². The van der Waals surface area contributed by atoms with E-state index in [1.165, 1.54) is 6.07 Å². The molecule has 0 aliphatic heterocycles. The molecule has 3 aromatic rings. The predicted octanol–water partition coefficient (Wildman–Crippen LogP) is 3.15. The van der Waals surface area contributed by atoms with Crippen LogP contribution in [-0.4, -0.2) is 37.8 Å². The zero-order valence-corrected chi connectivity index (χ0v) is 18.4. The van der Waals surface area contributed by atoms with Gasteiger partial charge in [0, 0.05) is 17.2 Å². The number of hydrogen-bond donors (Lipinski definition) is 2. The van der Waals surface area contributed by atoms with Gasteiger partial charge in [-0.1, -0.05) is 6.07 Å². The van der Waals surface area contributed by atoms with Crippen LogP contribution < -0.4 is 10.9 Å². The standard InChI is InChI=1S/C18H10BBrF7N5O3/c20-13(16(33)31-35-19(34)12-2-1-3-28-14(12)21)7-32-8-29-15(30-32)9-4-10(17(22,23)24)6-11(5-9)18(25,26)27/h1-8,34H,(H,31,33)/b13-7+. The monoisotopic (exact) mass is 567 g/mol. The van der Waals surface area contributed by atoms with E-state index in [4.69, 9.17) is 0 Å². The van der Waals surface area contributed by atoms with E-state index in [1.807, 2.05) is 0 Å². The normalized spacial score (nSPS) is 12.5. The van der Waals surface area contributed by atoms with Crippen LogP contribution >= 0.6 is 15.9 Å². The number of hydrogen-bond acceptors (Lipinski definition) is 6. The number of carbonyl (C=O) groups excluding carboxylic acids is 1. The van der Waals surface area contributed by atoms with Gasteiger partial charge in [-0.2, -0.15) is 30.7 Å². The van der Waals surface area contributed by atoms with Crippen molar-refractivity contribution in [2.75, 3.05) is 0 Å². The molecule has 0 unspecified atom stereocenters. The highest BCUT2D eigenvalue weighted by Crippen LogP contribution is 2.38. The van der Waals surface area contributed by atoms with Crippen LogP contribution in [0, 0.1) is 5.95 Å². The minimum absolute atomic E-state index is 0.0346. The van der Waals surface area contributed by atoms with Gasteiger partial charge in [-0.3, -0.25) is 9.55 Å². The van der Waals surface area contributed by atoms with Gasteiger partial charge in [0.25, 0.3) is 5.91 Å². The van der Waals surface area contributed by atoms with E-state index in [9.17, 15) is 40.6 Å². The SMILES string of the molecule is O=C(NOB(O)c1cccnc1F)/C(Br)=C\n1cnc(-c2cc(C(F)(F)F)cc(C(F)(F)F)c2)n1. The van der Waals surface area contributed by atoms with Gasteiger partial charge in [0.2, 0.25) is 5.95 Å². The summed E-state index contributed by atoms with van der Waals surface area (Å²) in [7, 11) is -1.91. The van der Waals surface area contributed by atoms with Crippen LogP contribution in [0.2, 0.25) is 0 Å². The second-order valence-electron chi connectivity index (χ2n) is 6.60. The predicted molar refractivity (Wildman–Crippen MR) is 110 cm³/mol. The molecular weight excluding hydrogens is 558 g/mol. The van der Waals surface area contributed by atoms with Gasteiger partial charge in [0.1, 0.15) is 10.8 Å². The number of carbonyl (C=O) groups is 1. The Morgan fingerprint density at radius 2 is 1.74 bits per heavy atom. The summed E-state index contributed by atoms with van der Waals surface area (Å²) in [5.74, 6) is -2.54. The quantitative estimate of drug-likeness (QED) is 0.156. The van der Waals surface area contributed by atoms with E-state index in [-0.39, 0.29) is 16.0 Å². The molecule has 0 atom stereocenters. The molecule has 0 saturated carbocycles. The Kier molecular flexibility index (Phi) is 7.61. The third kappa shape index (κ3) is 6.64. The summed E-state index contributed by atoms with van der Waals surface area (Å²) >= 11 is 2.86. The first-order valence-corrected chi connectivity index (χ1v) is 9.88. The lowest BCUT2D eigenvalue weighted by molar-refractivity contribution is -0.143. The third-order valence-corrected chi connectivity index (χ3v) is 4.70. The van der Waals surface area contributed by atoms with Crippen LogP contribution in [0.4, 0.5) is 30.7 Å². The molecule has 0 saturated heterocycles. The van der Waals surface area contributed by atoms with Gasteiger partial charge in [-0.25, -0.2) is 20.1 Å². The summed E-state index contributed by atoms with van der Waals surface area (Å²) < 4.78 is 97.0. The lowest BCUT2D eigenvalue weighted by Gasteiger charge is -2.13. The highest BCUT2D eigenvalue weighted by molar-refractivity contribution is 9.12. The molecule has 184 valence electrons. The Hall–Kier alpha value is -3.31. The fourth-order valence-electron chi connectivity index (χ4n) is 2.53. The maximum atomic E-state index is 13.5. The molecule has 2 N–H and O–H groups in total. The molecule has 17 heteroatoms. The van der Waals surface area contributed by atoms with E-state index in [0.717, 1.165) is 29.5 Å². The fourth-order valence-corrected chi connectivity index (χ4v) is 2.82.